The molecule has 0 saturated carbocycles. The van der Waals surface area contributed by atoms with Gasteiger partial charge in [0, 0.05) is 18.5 Å². The molecule has 0 saturated heterocycles. The van der Waals surface area contributed by atoms with Gasteiger partial charge in [-0.2, -0.15) is 0 Å². The van der Waals surface area contributed by atoms with Crippen LogP contribution in [-0.2, 0) is 11.3 Å². The van der Waals surface area contributed by atoms with Gasteiger partial charge in [-0.3, -0.25) is 4.79 Å². The molecular formula is C15H23ClN2O3. The summed E-state index contributed by atoms with van der Waals surface area (Å²) in [7, 11) is 0. The van der Waals surface area contributed by atoms with E-state index in [1.54, 1.807) is 0 Å². The molecule has 3 N–H and O–H groups in total. The normalized spacial score (nSPS) is 14.6. The number of carbonyl (C=O) groups is 1. The minimum Gasteiger partial charge on any atom is -0.490 e. The fraction of sp³-hybridized carbons (Fsp3) is 0.533. The summed E-state index contributed by atoms with van der Waals surface area (Å²) in [5.41, 5.74) is 6.70. The van der Waals surface area contributed by atoms with E-state index < -0.39 is 6.04 Å². The Morgan fingerprint density at radius 2 is 2.14 bits per heavy atom. The number of para-hydroxylation sites is 1. The summed E-state index contributed by atoms with van der Waals surface area (Å²) in [6.07, 6.45) is 2.45. The van der Waals surface area contributed by atoms with Crippen LogP contribution in [0.1, 0.15) is 31.7 Å². The molecule has 0 aromatic heterocycles. The van der Waals surface area contributed by atoms with E-state index in [0.717, 1.165) is 29.9 Å². The molecule has 1 aliphatic heterocycles. The van der Waals surface area contributed by atoms with Crippen molar-refractivity contribution in [3.63, 3.8) is 0 Å². The summed E-state index contributed by atoms with van der Waals surface area (Å²) >= 11 is 0. The van der Waals surface area contributed by atoms with Gasteiger partial charge in [0.05, 0.1) is 19.3 Å². The number of nitrogens with two attached hydrogens (primary N) is 1. The van der Waals surface area contributed by atoms with Gasteiger partial charge >= 0.3 is 0 Å². The molecule has 2 rings (SSSR count). The van der Waals surface area contributed by atoms with Crippen LogP contribution < -0.4 is 20.5 Å². The number of hydrogen-bond donors (Lipinski definition) is 2. The van der Waals surface area contributed by atoms with E-state index in [1.807, 2.05) is 25.1 Å². The largest absolute Gasteiger partial charge is 0.490 e. The first-order valence-corrected chi connectivity index (χ1v) is 7.13. The fourth-order valence-electron chi connectivity index (χ4n) is 2.15. The summed E-state index contributed by atoms with van der Waals surface area (Å²) in [5.74, 6) is 1.35. The summed E-state index contributed by atoms with van der Waals surface area (Å²) < 4.78 is 11.3. The van der Waals surface area contributed by atoms with E-state index in [9.17, 15) is 4.79 Å². The maximum Gasteiger partial charge on any atom is 0.237 e. The smallest absolute Gasteiger partial charge is 0.237 e. The molecule has 1 unspecified atom stereocenters. The van der Waals surface area contributed by atoms with Crippen LogP contribution in [0.3, 0.4) is 0 Å². The average Bonchev–Trinajstić information content (AvgIpc) is 2.70. The Bertz CT molecular complexity index is 468. The minimum absolute atomic E-state index is 0. The second kappa shape index (κ2) is 8.74. The van der Waals surface area contributed by atoms with Crippen molar-refractivity contribution in [3.05, 3.63) is 23.8 Å². The van der Waals surface area contributed by atoms with Crippen LogP contribution in [-0.4, -0.2) is 25.2 Å². The van der Waals surface area contributed by atoms with Crippen LogP contribution >= 0.6 is 12.4 Å². The van der Waals surface area contributed by atoms with E-state index in [2.05, 4.69) is 5.32 Å². The number of nitrogens with one attached hydrogen (secondary N) is 1. The van der Waals surface area contributed by atoms with Crippen molar-refractivity contribution in [1.29, 1.82) is 0 Å². The van der Waals surface area contributed by atoms with Crippen LogP contribution in [0.5, 0.6) is 11.5 Å². The Hall–Kier alpha value is -1.46. The maximum absolute atomic E-state index is 11.8. The number of benzene rings is 1. The van der Waals surface area contributed by atoms with Crippen LogP contribution in [0, 0.1) is 0 Å². The van der Waals surface area contributed by atoms with Gasteiger partial charge in [0.15, 0.2) is 11.5 Å². The van der Waals surface area contributed by atoms with Crippen LogP contribution in [0.15, 0.2) is 18.2 Å². The van der Waals surface area contributed by atoms with Crippen molar-refractivity contribution in [1.82, 2.24) is 5.32 Å². The molecule has 0 bridgehead atoms. The minimum atomic E-state index is -0.445. The summed E-state index contributed by atoms with van der Waals surface area (Å²) in [6.45, 7) is 3.70. The van der Waals surface area contributed by atoms with Crippen LogP contribution in [0.2, 0.25) is 0 Å². The van der Waals surface area contributed by atoms with Gasteiger partial charge < -0.3 is 20.5 Å². The molecule has 0 aliphatic carbocycles. The lowest BCUT2D eigenvalue weighted by molar-refractivity contribution is -0.122. The Morgan fingerprint density at radius 1 is 1.38 bits per heavy atom. The predicted molar refractivity (Wildman–Crippen MR) is 84.0 cm³/mol. The van der Waals surface area contributed by atoms with E-state index in [4.69, 9.17) is 15.2 Å². The molecule has 0 fully saturated rings. The van der Waals surface area contributed by atoms with Gasteiger partial charge in [-0.15, -0.1) is 12.4 Å². The maximum atomic E-state index is 11.8. The highest BCUT2D eigenvalue weighted by Gasteiger charge is 2.16. The van der Waals surface area contributed by atoms with Crippen molar-refractivity contribution < 1.29 is 14.3 Å². The zero-order valence-electron chi connectivity index (χ0n) is 12.3. The molecule has 1 atom stereocenters. The van der Waals surface area contributed by atoms with E-state index in [1.165, 1.54) is 0 Å². The highest BCUT2D eigenvalue weighted by Crippen LogP contribution is 2.33. The molecule has 1 aromatic rings. The molecule has 21 heavy (non-hydrogen) atoms. The Balaban J connectivity index is 0.00000220. The number of amides is 1. The van der Waals surface area contributed by atoms with Crippen molar-refractivity contribution in [2.45, 2.75) is 38.8 Å². The number of hydrogen-bond acceptors (Lipinski definition) is 4. The number of carbonyl (C=O) groups excluding carboxylic acids is 1. The Morgan fingerprint density at radius 3 is 2.90 bits per heavy atom. The van der Waals surface area contributed by atoms with E-state index >= 15 is 0 Å². The summed E-state index contributed by atoms with van der Waals surface area (Å²) in [4.78, 5) is 11.8. The van der Waals surface area contributed by atoms with Gasteiger partial charge in [0.2, 0.25) is 5.91 Å². The third-order valence-electron chi connectivity index (χ3n) is 3.24. The zero-order valence-corrected chi connectivity index (χ0v) is 13.1. The molecule has 1 aromatic carbocycles. The second-order valence-electron chi connectivity index (χ2n) is 4.91. The SMILES string of the molecule is CCCC(N)C(=O)NCc1cccc2c1OCCCO2.Cl. The lowest BCUT2D eigenvalue weighted by Gasteiger charge is -2.15. The topological polar surface area (TPSA) is 73.6 Å². The third kappa shape index (κ3) is 4.79. The summed E-state index contributed by atoms with van der Waals surface area (Å²) in [6, 6.07) is 5.27. The van der Waals surface area contributed by atoms with E-state index in [-0.39, 0.29) is 18.3 Å². The Kier molecular flexibility index (Phi) is 7.32. The van der Waals surface area contributed by atoms with E-state index in [0.29, 0.717) is 26.2 Å². The lowest BCUT2D eigenvalue weighted by Crippen LogP contribution is -2.40. The van der Waals surface area contributed by atoms with Gasteiger partial charge in [-0.05, 0) is 12.5 Å². The standard InChI is InChI=1S/C15H22N2O3.ClH/c1-2-5-12(16)15(18)17-10-11-6-3-7-13-14(11)20-9-4-8-19-13;/h3,6-7,12H,2,4-5,8-10,16H2,1H3,(H,17,18);1H. The summed E-state index contributed by atoms with van der Waals surface area (Å²) in [5, 5.41) is 2.85. The highest BCUT2D eigenvalue weighted by molar-refractivity contribution is 5.85. The van der Waals surface area contributed by atoms with Crippen molar-refractivity contribution in [2.24, 2.45) is 5.73 Å². The molecule has 0 radical (unpaired) electrons. The molecule has 0 spiro atoms. The Labute approximate surface area is 131 Å². The highest BCUT2D eigenvalue weighted by atomic mass is 35.5. The second-order valence-corrected chi connectivity index (χ2v) is 4.91. The van der Waals surface area contributed by atoms with Gasteiger partial charge in [-0.25, -0.2) is 0 Å². The molecule has 1 aliphatic rings. The fourth-order valence-corrected chi connectivity index (χ4v) is 2.15. The quantitative estimate of drug-likeness (QED) is 0.872. The predicted octanol–water partition coefficient (Wildman–Crippen LogP) is 2.01. The van der Waals surface area contributed by atoms with Gasteiger partial charge in [-0.1, -0.05) is 25.5 Å². The number of halogens is 1. The van der Waals surface area contributed by atoms with Crippen molar-refractivity contribution in [3.8, 4) is 11.5 Å². The molecular weight excluding hydrogens is 292 g/mol. The molecule has 1 heterocycles. The van der Waals surface area contributed by atoms with Crippen molar-refractivity contribution >= 4 is 18.3 Å². The van der Waals surface area contributed by atoms with Crippen molar-refractivity contribution in [2.75, 3.05) is 13.2 Å². The lowest BCUT2D eigenvalue weighted by atomic mass is 10.1. The monoisotopic (exact) mass is 314 g/mol. The molecule has 1 amide bonds. The molecule has 118 valence electrons. The molecule has 5 nitrogen and oxygen atoms in total. The first-order valence-electron chi connectivity index (χ1n) is 7.13. The first kappa shape index (κ1) is 17.6. The van der Waals surface area contributed by atoms with Gasteiger partial charge in [0.1, 0.15) is 0 Å². The average molecular weight is 315 g/mol. The first-order chi connectivity index (χ1) is 9.72. The van der Waals surface area contributed by atoms with Crippen LogP contribution in [0.25, 0.3) is 0 Å². The number of fused-ring (bicyclic) bond motifs is 1. The van der Waals surface area contributed by atoms with Crippen LogP contribution in [0.4, 0.5) is 0 Å². The molecule has 6 heteroatoms. The van der Waals surface area contributed by atoms with Gasteiger partial charge in [0.25, 0.3) is 0 Å². The number of ether oxygens (including phenoxy) is 2. The number of rotatable bonds is 5. The zero-order chi connectivity index (χ0) is 14.4. The third-order valence-corrected chi connectivity index (χ3v) is 3.24.